The minimum atomic E-state index is 0.597. The van der Waals surface area contributed by atoms with Gasteiger partial charge in [0.25, 0.3) is 0 Å². The van der Waals surface area contributed by atoms with E-state index in [1.807, 2.05) is 0 Å². The van der Waals surface area contributed by atoms with Crippen molar-refractivity contribution in [3.63, 3.8) is 0 Å². The maximum absolute atomic E-state index is 3.17. The molecule has 1 N–H and O–H groups in total. The van der Waals surface area contributed by atoms with Crippen molar-refractivity contribution in [3.05, 3.63) is 6.54 Å². The molecule has 0 aromatic rings. The van der Waals surface area contributed by atoms with E-state index in [4.69, 9.17) is 0 Å². The van der Waals surface area contributed by atoms with E-state index in [1.54, 1.807) is 0 Å². The second-order valence-corrected chi connectivity index (χ2v) is 1.93. The van der Waals surface area contributed by atoms with Gasteiger partial charge in [0, 0.05) is 12.6 Å². The summed E-state index contributed by atoms with van der Waals surface area (Å²) in [5.41, 5.74) is 0. The van der Waals surface area contributed by atoms with Crippen LogP contribution in [0.4, 0.5) is 0 Å². The van der Waals surface area contributed by atoms with E-state index < -0.39 is 0 Å². The van der Waals surface area contributed by atoms with Crippen LogP contribution in [0.25, 0.3) is 0 Å². The zero-order valence-electron chi connectivity index (χ0n) is 5.36. The number of hydrogen-bond acceptors (Lipinski definition) is 1. The smallest absolute Gasteiger partial charge is 0.0220 e. The summed E-state index contributed by atoms with van der Waals surface area (Å²) in [5, 5.41) is 3.17. The fraction of sp³-hybridized carbons (Fsp3) is 0.833. The monoisotopic (exact) mass is 100 g/mol. The second kappa shape index (κ2) is 4.13. The number of hydrogen-bond donors (Lipinski definition) is 1. The highest BCUT2D eigenvalue weighted by atomic mass is 14.9. The molecule has 0 aliphatic heterocycles. The fourth-order valence-corrected chi connectivity index (χ4v) is 0.354. The molecule has 0 aromatic heterocycles. The van der Waals surface area contributed by atoms with E-state index in [0.29, 0.717) is 6.04 Å². The van der Waals surface area contributed by atoms with Gasteiger partial charge in [0.1, 0.15) is 0 Å². The van der Waals surface area contributed by atoms with Crippen LogP contribution in [0.15, 0.2) is 0 Å². The van der Waals surface area contributed by atoms with Crippen molar-refractivity contribution < 1.29 is 0 Å². The normalized spacial score (nSPS) is 10.3. The first-order chi connectivity index (χ1) is 3.27. The standard InChI is InChI=1S/C6H14N/c1-4-5-7-6(2)3/h5-7H,4H2,1-3H3. The molecule has 1 radical (unpaired) electrons. The lowest BCUT2D eigenvalue weighted by Crippen LogP contribution is -2.18. The Morgan fingerprint density at radius 2 is 2.14 bits per heavy atom. The first-order valence-electron chi connectivity index (χ1n) is 2.85. The van der Waals surface area contributed by atoms with Crippen molar-refractivity contribution in [1.82, 2.24) is 5.32 Å². The lowest BCUT2D eigenvalue weighted by atomic mass is 10.4. The third-order valence-corrected chi connectivity index (χ3v) is 0.655. The molecular formula is C6H14N. The topological polar surface area (TPSA) is 12.0 Å². The number of nitrogens with one attached hydrogen (secondary N) is 1. The maximum Gasteiger partial charge on any atom is 0.0220 e. The molecule has 0 saturated heterocycles. The van der Waals surface area contributed by atoms with Crippen LogP contribution in [0.3, 0.4) is 0 Å². The predicted molar refractivity (Wildman–Crippen MR) is 32.9 cm³/mol. The van der Waals surface area contributed by atoms with Gasteiger partial charge < -0.3 is 5.32 Å². The SMILES string of the molecule is CC[CH]NC(C)C. The van der Waals surface area contributed by atoms with E-state index in [9.17, 15) is 0 Å². The highest BCUT2D eigenvalue weighted by Gasteiger charge is 1.86. The molecule has 1 heteroatoms. The largest absolute Gasteiger partial charge is 0.310 e. The van der Waals surface area contributed by atoms with Gasteiger partial charge in [0.2, 0.25) is 0 Å². The highest BCUT2D eigenvalue weighted by Crippen LogP contribution is 1.81. The van der Waals surface area contributed by atoms with Crippen LogP contribution in [0.2, 0.25) is 0 Å². The Morgan fingerprint density at radius 3 is 2.29 bits per heavy atom. The van der Waals surface area contributed by atoms with Crippen LogP contribution >= 0.6 is 0 Å². The molecule has 0 rings (SSSR count). The summed E-state index contributed by atoms with van der Waals surface area (Å²) in [4.78, 5) is 0. The molecule has 0 aliphatic rings. The van der Waals surface area contributed by atoms with Crippen molar-refractivity contribution >= 4 is 0 Å². The molecule has 0 amide bonds. The molecule has 0 heterocycles. The molecule has 0 saturated carbocycles. The lowest BCUT2D eigenvalue weighted by Gasteiger charge is -2.02. The molecule has 0 aliphatic carbocycles. The molecule has 0 fully saturated rings. The van der Waals surface area contributed by atoms with E-state index in [0.717, 1.165) is 6.42 Å². The Kier molecular flexibility index (Phi) is 4.10. The Hall–Kier alpha value is -0.0400. The van der Waals surface area contributed by atoms with Crippen LogP contribution in [0, 0.1) is 6.54 Å². The molecule has 0 bridgehead atoms. The summed E-state index contributed by atoms with van der Waals surface area (Å²) in [6, 6.07) is 0.597. The maximum atomic E-state index is 3.17. The van der Waals surface area contributed by atoms with Gasteiger partial charge >= 0.3 is 0 Å². The predicted octanol–water partition coefficient (Wildman–Crippen LogP) is 1.56. The van der Waals surface area contributed by atoms with E-state index in [2.05, 4.69) is 32.6 Å². The van der Waals surface area contributed by atoms with Gasteiger partial charge in [-0.1, -0.05) is 20.8 Å². The third kappa shape index (κ3) is 5.96. The average molecular weight is 100 g/mol. The zero-order chi connectivity index (χ0) is 5.70. The van der Waals surface area contributed by atoms with Crippen molar-refractivity contribution in [1.29, 1.82) is 0 Å². The van der Waals surface area contributed by atoms with Crippen molar-refractivity contribution in [2.24, 2.45) is 0 Å². The van der Waals surface area contributed by atoms with E-state index in [-0.39, 0.29) is 0 Å². The first-order valence-corrected chi connectivity index (χ1v) is 2.85. The van der Waals surface area contributed by atoms with Crippen molar-refractivity contribution in [2.75, 3.05) is 0 Å². The highest BCUT2D eigenvalue weighted by molar-refractivity contribution is 4.61. The van der Waals surface area contributed by atoms with Crippen LogP contribution in [-0.2, 0) is 0 Å². The summed E-state index contributed by atoms with van der Waals surface area (Å²) >= 11 is 0. The lowest BCUT2D eigenvalue weighted by molar-refractivity contribution is 0.644. The second-order valence-electron chi connectivity index (χ2n) is 1.93. The molecule has 0 unspecified atom stereocenters. The minimum Gasteiger partial charge on any atom is -0.310 e. The summed E-state index contributed by atoms with van der Waals surface area (Å²) < 4.78 is 0. The minimum absolute atomic E-state index is 0.597. The quantitative estimate of drug-likeness (QED) is 0.567. The molecule has 0 spiro atoms. The molecular weight excluding hydrogens is 86.1 g/mol. The van der Waals surface area contributed by atoms with Gasteiger partial charge in [-0.05, 0) is 6.42 Å². The number of rotatable bonds is 3. The van der Waals surface area contributed by atoms with Crippen LogP contribution in [0.5, 0.6) is 0 Å². The van der Waals surface area contributed by atoms with Crippen LogP contribution in [0.1, 0.15) is 27.2 Å². The van der Waals surface area contributed by atoms with Crippen molar-refractivity contribution in [2.45, 2.75) is 33.2 Å². The molecule has 0 aromatic carbocycles. The van der Waals surface area contributed by atoms with Crippen LogP contribution < -0.4 is 5.32 Å². The van der Waals surface area contributed by atoms with E-state index >= 15 is 0 Å². The molecule has 1 nitrogen and oxygen atoms in total. The Bertz CT molecular complexity index is 33.2. The van der Waals surface area contributed by atoms with E-state index in [1.165, 1.54) is 0 Å². The van der Waals surface area contributed by atoms with Gasteiger partial charge in [0.15, 0.2) is 0 Å². The average Bonchev–Trinajstić information content (AvgIpc) is 1.61. The third-order valence-electron chi connectivity index (χ3n) is 0.655. The van der Waals surface area contributed by atoms with Crippen LogP contribution in [-0.4, -0.2) is 6.04 Å². The van der Waals surface area contributed by atoms with Gasteiger partial charge in [-0.25, -0.2) is 0 Å². The van der Waals surface area contributed by atoms with Gasteiger partial charge in [-0.2, -0.15) is 0 Å². The summed E-state index contributed by atoms with van der Waals surface area (Å²) in [7, 11) is 0. The summed E-state index contributed by atoms with van der Waals surface area (Å²) in [6.45, 7) is 8.46. The molecule has 43 valence electrons. The van der Waals surface area contributed by atoms with Gasteiger partial charge in [0.05, 0.1) is 0 Å². The van der Waals surface area contributed by atoms with Crippen molar-refractivity contribution in [3.8, 4) is 0 Å². The Morgan fingerprint density at radius 1 is 1.57 bits per heavy atom. The molecule has 0 atom stereocenters. The summed E-state index contributed by atoms with van der Waals surface area (Å²) in [6.07, 6.45) is 1.11. The fourth-order valence-electron chi connectivity index (χ4n) is 0.354. The first kappa shape index (κ1) is 6.96. The van der Waals surface area contributed by atoms with Gasteiger partial charge in [-0.15, -0.1) is 0 Å². The van der Waals surface area contributed by atoms with Gasteiger partial charge in [-0.3, -0.25) is 0 Å². The zero-order valence-corrected chi connectivity index (χ0v) is 5.36. The summed E-state index contributed by atoms with van der Waals surface area (Å²) in [5.74, 6) is 0. The Balaban J connectivity index is 2.68. The Labute approximate surface area is 46.1 Å². The molecule has 7 heavy (non-hydrogen) atoms.